The number of allylic oxidation sites excluding steroid dienone is 2. The summed E-state index contributed by atoms with van der Waals surface area (Å²) >= 11 is 0. The summed E-state index contributed by atoms with van der Waals surface area (Å²) in [6.07, 6.45) is 5.90. The van der Waals surface area contributed by atoms with E-state index in [1.807, 2.05) is 13.8 Å². The van der Waals surface area contributed by atoms with Crippen molar-refractivity contribution in [2.24, 2.45) is 0 Å². The molecule has 0 bridgehead atoms. The Morgan fingerprint density at radius 3 is 1.42 bits per heavy atom. The van der Waals surface area contributed by atoms with Crippen LogP contribution in [-0.4, -0.2) is 0 Å². The first-order valence-corrected chi connectivity index (χ1v) is 5.38. The maximum atomic E-state index is 2.26. The molecule has 0 aliphatic heterocycles. The largest absolute Gasteiger partial charge is 0.0859 e. The molecule has 0 aromatic heterocycles. The molecule has 0 aromatic carbocycles. The minimum atomic E-state index is 1.18. The summed E-state index contributed by atoms with van der Waals surface area (Å²) < 4.78 is 0. The quantitative estimate of drug-likeness (QED) is 0.502. The van der Waals surface area contributed by atoms with E-state index in [0.717, 1.165) is 0 Å². The van der Waals surface area contributed by atoms with Crippen molar-refractivity contribution < 1.29 is 0 Å². The molecule has 0 saturated heterocycles. The first-order chi connectivity index (χ1) is 5.72. The molecule has 0 aliphatic carbocycles. The van der Waals surface area contributed by atoms with Crippen LogP contribution in [0.5, 0.6) is 0 Å². The topological polar surface area (TPSA) is 0 Å². The Morgan fingerprint density at radius 1 is 1.00 bits per heavy atom. The average molecular weight is 172 g/mol. The van der Waals surface area contributed by atoms with Gasteiger partial charge in [0.25, 0.3) is 0 Å². The second-order valence-corrected chi connectivity index (χ2v) is 2.52. The fraction of sp³-hybridized carbons (Fsp3) is 0.833. The third-order valence-electron chi connectivity index (χ3n) is 1.11. The molecular formula is C12H28. The van der Waals surface area contributed by atoms with Gasteiger partial charge in [-0.25, -0.2) is 0 Å². The predicted octanol–water partition coefficient (Wildman–Crippen LogP) is 5.20. The van der Waals surface area contributed by atoms with Crippen molar-refractivity contribution in [1.82, 2.24) is 0 Å². The predicted molar refractivity (Wildman–Crippen MR) is 61.7 cm³/mol. The van der Waals surface area contributed by atoms with Crippen LogP contribution in [0.1, 0.15) is 67.7 Å². The summed E-state index contributed by atoms with van der Waals surface area (Å²) in [6, 6.07) is 0. The summed E-state index contributed by atoms with van der Waals surface area (Å²) in [4.78, 5) is 0. The van der Waals surface area contributed by atoms with Crippen LogP contribution in [0, 0.1) is 0 Å². The van der Waals surface area contributed by atoms with Gasteiger partial charge in [-0.3, -0.25) is 0 Å². The van der Waals surface area contributed by atoms with Crippen LogP contribution in [0.25, 0.3) is 0 Å². The van der Waals surface area contributed by atoms with E-state index in [1.54, 1.807) is 0 Å². The van der Waals surface area contributed by atoms with Crippen LogP contribution >= 0.6 is 0 Å². The van der Waals surface area contributed by atoms with E-state index in [-0.39, 0.29) is 0 Å². The van der Waals surface area contributed by atoms with E-state index in [9.17, 15) is 0 Å². The molecule has 0 radical (unpaired) electrons. The van der Waals surface area contributed by atoms with Crippen LogP contribution in [0.2, 0.25) is 0 Å². The second-order valence-electron chi connectivity index (χ2n) is 2.52. The molecule has 0 saturated carbocycles. The third kappa shape index (κ3) is 33.1. The van der Waals surface area contributed by atoms with Crippen molar-refractivity contribution in [2.75, 3.05) is 0 Å². The fourth-order valence-electron chi connectivity index (χ4n) is 0.493. The lowest BCUT2D eigenvalue weighted by Gasteiger charge is -1.88. The molecule has 0 fully saturated rings. The first-order valence-electron chi connectivity index (χ1n) is 5.38. The Hall–Kier alpha value is -0.260. The van der Waals surface area contributed by atoms with Crippen LogP contribution in [0.4, 0.5) is 0 Å². The molecule has 0 nitrogen and oxygen atoms in total. The van der Waals surface area contributed by atoms with Gasteiger partial charge in [0.15, 0.2) is 0 Å². The summed E-state index contributed by atoms with van der Waals surface area (Å²) in [5, 5.41) is 0. The third-order valence-corrected chi connectivity index (χ3v) is 1.11. The molecule has 0 heteroatoms. The fourth-order valence-corrected chi connectivity index (χ4v) is 0.493. The Kier molecular flexibility index (Phi) is 33.1. The van der Waals surface area contributed by atoms with E-state index in [0.29, 0.717) is 0 Å². The summed E-state index contributed by atoms with van der Waals surface area (Å²) in [7, 11) is 0. The molecule has 0 aliphatic rings. The molecule has 0 aromatic rings. The number of hydrogen-bond donors (Lipinski definition) is 0. The maximum Gasteiger partial charge on any atom is -0.0352 e. The van der Waals surface area contributed by atoms with Crippen molar-refractivity contribution in [1.29, 1.82) is 0 Å². The van der Waals surface area contributed by atoms with Crippen molar-refractivity contribution >= 4 is 0 Å². The van der Waals surface area contributed by atoms with Gasteiger partial charge in [0.1, 0.15) is 0 Å². The summed E-state index contributed by atoms with van der Waals surface area (Å²) in [5.41, 5.74) is 1.50. The zero-order valence-corrected chi connectivity index (χ0v) is 10.2. The van der Waals surface area contributed by atoms with E-state index >= 15 is 0 Å². The van der Waals surface area contributed by atoms with Gasteiger partial charge in [-0.15, -0.1) is 0 Å². The molecule has 0 atom stereocenters. The molecule has 0 unspecified atom stereocenters. The lowest BCUT2D eigenvalue weighted by Crippen LogP contribution is -1.67. The second kappa shape index (κ2) is 22.4. The van der Waals surface area contributed by atoms with Gasteiger partial charge in [0, 0.05) is 0 Å². The van der Waals surface area contributed by atoms with Crippen LogP contribution in [0.15, 0.2) is 11.6 Å². The number of hydrogen-bond acceptors (Lipinski definition) is 0. The molecule has 76 valence electrons. The molecular weight excluding hydrogens is 144 g/mol. The lowest BCUT2D eigenvalue weighted by molar-refractivity contribution is 1.06. The molecule has 0 amide bonds. The van der Waals surface area contributed by atoms with Crippen molar-refractivity contribution in [3.05, 3.63) is 11.6 Å². The van der Waals surface area contributed by atoms with E-state index in [2.05, 4.69) is 40.7 Å². The van der Waals surface area contributed by atoms with Crippen molar-refractivity contribution in [2.45, 2.75) is 67.7 Å². The minimum absolute atomic E-state index is 1.18. The lowest BCUT2D eigenvalue weighted by atomic mass is 10.2. The van der Waals surface area contributed by atoms with E-state index in [4.69, 9.17) is 0 Å². The van der Waals surface area contributed by atoms with Gasteiger partial charge in [0.2, 0.25) is 0 Å². The molecule has 0 spiro atoms. The average Bonchev–Trinajstić information content (AvgIpc) is 2.10. The molecule has 12 heavy (non-hydrogen) atoms. The highest BCUT2D eigenvalue weighted by molar-refractivity contribution is 4.95. The normalized spacial score (nSPS) is 9.08. The van der Waals surface area contributed by atoms with Crippen molar-refractivity contribution in [3.63, 3.8) is 0 Å². The van der Waals surface area contributed by atoms with Gasteiger partial charge in [-0.05, 0) is 19.8 Å². The highest BCUT2D eigenvalue weighted by Crippen LogP contribution is 1.97. The smallest absolute Gasteiger partial charge is 0.0352 e. The van der Waals surface area contributed by atoms with Crippen LogP contribution < -0.4 is 0 Å². The highest BCUT2D eigenvalue weighted by atomic mass is 13.8. The Bertz CT molecular complexity index is 70.1. The van der Waals surface area contributed by atoms with E-state index < -0.39 is 0 Å². The molecule has 0 rings (SSSR count). The Labute approximate surface area is 80.1 Å². The van der Waals surface area contributed by atoms with Gasteiger partial charge < -0.3 is 0 Å². The monoisotopic (exact) mass is 172 g/mol. The first kappa shape index (κ1) is 17.7. The highest BCUT2D eigenvalue weighted by Gasteiger charge is 1.76. The zero-order chi connectivity index (χ0) is 10.4. The van der Waals surface area contributed by atoms with Crippen molar-refractivity contribution in [3.8, 4) is 0 Å². The summed E-state index contributed by atoms with van der Waals surface area (Å²) in [5.74, 6) is 0. The van der Waals surface area contributed by atoms with Crippen LogP contribution in [0.3, 0.4) is 0 Å². The van der Waals surface area contributed by atoms with Gasteiger partial charge >= 0.3 is 0 Å². The van der Waals surface area contributed by atoms with E-state index in [1.165, 1.54) is 24.8 Å². The minimum Gasteiger partial charge on any atom is -0.0859 e. The van der Waals surface area contributed by atoms with Gasteiger partial charge in [-0.2, -0.15) is 0 Å². The van der Waals surface area contributed by atoms with Gasteiger partial charge in [0.05, 0.1) is 0 Å². The Morgan fingerprint density at radius 2 is 1.33 bits per heavy atom. The standard InChI is InChI=1S/C7H14.C3H8.C2H6/c1-4-6-7(3)5-2;1-3-2;1-2/h6H,4-5H2,1-3H3;3H2,1-2H3;1-2H3/b7-6+;;. The van der Waals surface area contributed by atoms with Gasteiger partial charge in [-0.1, -0.05) is 59.6 Å². The molecule has 0 heterocycles. The Balaban J connectivity index is -0.000000137. The summed E-state index contributed by atoms with van der Waals surface area (Å²) in [6.45, 7) is 14.8. The molecule has 0 N–H and O–H groups in total. The van der Waals surface area contributed by atoms with Crippen LogP contribution in [-0.2, 0) is 0 Å². The number of rotatable bonds is 2. The maximum absolute atomic E-state index is 2.26. The SMILES string of the molecule is CC.CC/C=C(\C)CC.CCC. The zero-order valence-electron chi connectivity index (χ0n) is 10.2.